The molecule has 0 saturated heterocycles. The number of nitrogens with zero attached hydrogens (tertiary/aromatic N) is 1. The molecule has 0 aliphatic carbocycles. The molecule has 21 heavy (non-hydrogen) atoms. The molecule has 0 radical (unpaired) electrons. The van der Waals surface area contributed by atoms with Gasteiger partial charge in [-0.3, -0.25) is 10.1 Å². The normalized spacial score (nSPS) is 12.0. The zero-order valence-electron chi connectivity index (χ0n) is 11.0. The van der Waals surface area contributed by atoms with Gasteiger partial charge < -0.3 is 10.5 Å². The molecule has 1 unspecified atom stereocenters. The van der Waals surface area contributed by atoms with Crippen LogP contribution in [0.25, 0.3) is 0 Å². The molecule has 0 aromatic heterocycles. The highest BCUT2D eigenvalue weighted by atomic mass is 19.1. The molecule has 5 nitrogen and oxygen atoms in total. The lowest BCUT2D eigenvalue weighted by atomic mass is 10.1. The number of rotatable bonds is 4. The molecule has 0 saturated carbocycles. The molecule has 0 spiro atoms. The average molecular weight is 294 g/mol. The molecule has 0 heterocycles. The smallest absolute Gasteiger partial charge is 0.311 e. The minimum Gasteiger partial charge on any atom is -0.450 e. The first-order chi connectivity index (χ1) is 9.90. The first kappa shape index (κ1) is 14.9. The summed E-state index contributed by atoms with van der Waals surface area (Å²) < 4.78 is 32.3. The Hall–Kier alpha value is -2.54. The minimum atomic E-state index is -0.709. The van der Waals surface area contributed by atoms with Gasteiger partial charge in [-0.15, -0.1) is 0 Å². The van der Waals surface area contributed by atoms with Crippen molar-refractivity contribution < 1.29 is 18.4 Å². The largest absolute Gasteiger partial charge is 0.450 e. The summed E-state index contributed by atoms with van der Waals surface area (Å²) >= 11 is 0. The van der Waals surface area contributed by atoms with E-state index in [1.165, 1.54) is 18.2 Å². The van der Waals surface area contributed by atoms with Crippen LogP contribution in [0.5, 0.6) is 11.5 Å². The highest BCUT2D eigenvalue weighted by molar-refractivity contribution is 5.50. The van der Waals surface area contributed by atoms with E-state index in [9.17, 15) is 18.9 Å². The van der Waals surface area contributed by atoms with Gasteiger partial charge in [0.1, 0.15) is 17.4 Å². The van der Waals surface area contributed by atoms with Crippen LogP contribution in [0.2, 0.25) is 0 Å². The fraction of sp³-hybridized carbons (Fsp3) is 0.143. The summed E-state index contributed by atoms with van der Waals surface area (Å²) in [5.74, 6) is -1.60. The third-order valence-corrected chi connectivity index (χ3v) is 2.81. The Bertz CT molecular complexity index is 690. The molecule has 0 fully saturated rings. The van der Waals surface area contributed by atoms with E-state index < -0.39 is 28.3 Å². The van der Waals surface area contributed by atoms with Crippen molar-refractivity contribution in [2.45, 2.75) is 13.0 Å². The van der Waals surface area contributed by atoms with E-state index in [1.54, 1.807) is 6.92 Å². The predicted molar refractivity (Wildman–Crippen MR) is 72.1 cm³/mol. The lowest BCUT2D eigenvalue weighted by Crippen LogP contribution is -2.09. The van der Waals surface area contributed by atoms with Crippen molar-refractivity contribution in [1.29, 1.82) is 0 Å². The number of nitrogens with two attached hydrogens (primary N) is 1. The third-order valence-electron chi connectivity index (χ3n) is 2.81. The second-order valence-corrected chi connectivity index (χ2v) is 4.41. The van der Waals surface area contributed by atoms with Crippen molar-refractivity contribution in [3.05, 3.63) is 63.7 Å². The summed E-state index contributed by atoms with van der Waals surface area (Å²) in [6.45, 7) is 1.55. The van der Waals surface area contributed by atoms with Gasteiger partial charge in [0.2, 0.25) is 5.75 Å². The maximum atomic E-state index is 13.8. The Balaban J connectivity index is 2.50. The molecule has 0 bridgehead atoms. The van der Waals surface area contributed by atoms with Crippen molar-refractivity contribution >= 4 is 5.69 Å². The number of ether oxygens (including phenoxy) is 1. The van der Waals surface area contributed by atoms with Gasteiger partial charge in [0, 0.05) is 23.7 Å². The highest BCUT2D eigenvalue weighted by Gasteiger charge is 2.20. The van der Waals surface area contributed by atoms with E-state index in [2.05, 4.69) is 0 Å². The molecule has 7 heteroatoms. The van der Waals surface area contributed by atoms with Gasteiger partial charge in [-0.25, -0.2) is 8.78 Å². The molecule has 110 valence electrons. The Morgan fingerprint density at radius 1 is 1.24 bits per heavy atom. The topological polar surface area (TPSA) is 78.4 Å². The first-order valence-corrected chi connectivity index (χ1v) is 6.06. The summed E-state index contributed by atoms with van der Waals surface area (Å²) in [6.07, 6.45) is 0. The lowest BCUT2D eigenvalue weighted by Gasteiger charge is -2.14. The van der Waals surface area contributed by atoms with Crippen LogP contribution < -0.4 is 10.5 Å². The zero-order chi connectivity index (χ0) is 15.6. The van der Waals surface area contributed by atoms with Crippen LogP contribution in [0.4, 0.5) is 14.5 Å². The Morgan fingerprint density at radius 3 is 2.57 bits per heavy atom. The lowest BCUT2D eigenvalue weighted by molar-refractivity contribution is -0.385. The predicted octanol–water partition coefficient (Wildman–Crippen LogP) is 3.69. The monoisotopic (exact) mass is 294 g/mol. The van der Waals surface area contributed by atoms with Crippen LogP contribution in [0.1, 0.15) is 18.5 Å². The third kappa shape index (κ3) is 3.14. The second kappa shape index (κ2) is 5.84. The maximum Gasteiger partial charge on any atom is 0.311 e. The summed E-state index contributed by atoms with van der Waals surface area (Å²) in [7, 11) is 0. The molecular weight excluding hydrogens is 282 g/mol. The van der Waals surface area contributed by atoms with Gasteiger partial charge in [0.15, 0.2) is 0 Å². The van der Waals surface area contributed by atoms with E-state index >= 15 is 0 Å². The molecule has 0 aliphatic rings. The van der Waals surface area contributed by atoms with Crippen LogP contribution >= 0.6 is 0 Å². The number of nitro benzene ring substituents is 1. The summed E-state index contributed by atoms with van der Waals surface area (Å²) in [6, 6.07) is 6.10. The Labute approximate surface area is 119 Å². The van der Waals surface area contributed by atoms with E-state index in [0.717, 1.165) is 18.2 Å². The molecule has 0 aliphatic heterocycles. The van der Waals surface area contributed by atoms with Crippen molar-refractivity contribution in [3.8, 4) is 11.5 Å². The van der Waals surface area contributed by atoms with Crippen LogP contribution in [0.15, 0.2) is 36.4 Å². The molecule has 0 amide bonds. The second-order valence-electron chi connectivity index (χ2n) is 4.41. The average Bonchev–Trinajstić information content (AvgIpc) is 2.37. The number of hydrogen-bond donors (Lipinski definition) is 1. The van der Waals surface area contributed by atoms with Crippen molar-refractivity contribution in [2.75, 3.05) is 0 Å². The Kier molecular flexibility index (Phi) is 4.13. The molecule has 2 N–H and O–H groups in total. The quantitative estimate of drug-likeness (QED) is 0.689. The SMILES string of the molecule is CC(N)c1c(F)cccc1Oc1cc(F)ccc1[N+](=O)[O-]. The van der Waals surface area contributed by atoms with E-state index in [4.69, 9.17) is 10.5 Å². The number of hydrogen-bond acceptors (Lipinski definition) is 4. The van der Waals surface area contributed by atoms with Crippen LogP contribution in [-0.2, 0) is 0 Å². The molecule has 1 atom stereocenters. The summed E-state index contributed by atoms with van der Waals surface area (Å²) in [5.41, 5.74) is 5.31. The van der Waals surface area contributed by atoms with Crippen molar-refractivity contribution in [2.24, 2.45) is 5.73 Å². The summed E-state index contributed by atoms with van der Waals surface area (Å²) in [5, 5.41) is 10.9. The number of halogens is 2. The highest BCUT2D eigenvalue weighted by Crippen LogP contribution is 2.35. The minimum absolute atomic E-state index is 0.0127. The van der Waals surface area contributed by atoms with Crippen LogP contribution in [0, 0.1) is 21.7 Å². The zero-order valence-corrected chi connectivity index (χ0v) is 11.0. The van der Waals surface area contributed by atoms with Gasteiger partial charge in [-0.1, -0.05) is 6.07 Å². The van der Waals surface area contributed by atoms with Crippen LogP contribution in [-0.4, -0.2) is 4.92 Å². The summed E-state index contributed by atoms with van der Waals surface area (Å²) in [4.78, 5) is 10.2. The Morgan fingerprint density at radius 2 is 1.95 bits per heavy atom. The molecule has 2 aromatic carbocycles. The van der Waals surface area contributed by atoms with Gasteiger partial charge in [-0.2, -0.15) is 0 Å². The first-order valence-electron chi connectivity index (χ1n) is 6.06. The molecule has 2 aromatic rings. The van der Waals surface area contributed by atoms with Gasteiger partial charge in [0.25, 0.3) is 0 Å². The number of nitro groups is 1. The van der Waals surface area contributed by atoms with E-state index in [0.29, 0.717) is 0 Å². The standard InChI is InChI=1S/C14H12F2N2O3/c1-8(17)14-10(16)3-2-4-12(14)21-13-7-9(15)5-6-11(13)18(19)20/h2-8H,17H2,1H3. The molecule has 2 rings (SSSR count). The number of benzene rings is 2. The van der Waals surface area contributed by atoms with E-state index in [-0.39, 0.29) is 17.1 Å². The van der Waals surface area contributed by atoms with Gasteiger partial charge in [0.05, 0.1) is 4.92 Å². The molecular formula is C14H12F2N2O3. The van der Waals surface area contributed by atoms with Crippen molar-refractivity contribution in [3.63, 3.8) is 0 Å². The van der Waals surface area contributed by atoms with Gasteiger partial charge in [-0.05, 0) is 25.1 Å². The fourth-order valence-electron chi connectivity index (χ4n) is 1.89. The van der Waals surface area contributed by atoms with Gasteiger partial charge >= 0.3 is 5.69 Å². The van der Waals surface area contributed by atoms with Crippen LogP contribution in [0.3, 0.4) is 0 Å². The van der Waals surface area contributed by atoms with Crippen molar-refractivity contribution in [1.82, 2.24) is 0 Å². The fourth-order valence-corrected chi connectivity index (χ4v) is 1.89. The maximum absolute atomic E-state index is 13.8. The van der Waals surface area contributed by atoms with E-state index in [1.807, 2.05) is 0 Å².